The molecule has 0 aromatic rings. The van der Waals surface area contributed by atoms with Crippen molar-refractivity contribution in [3.63, 3.8) is 0 Å². The van der Waals surface area contributed by atoms with Gasteiger partial charge >= 0.3 is 0 Å². The highest BCUT2D eigenvalue weighted by atomic mass is 16.3. The van der Waals surface area contributed by atoms with E-state index in [1.165, 1.54) is 24.1 Å². The summed E-state index contributed by atoms with van der Waals surface area (Å²) in [4.78, 5) is 52.3. The first-order valence-electron chi connectivity index (χ1n) is 13.9. The van der Waals surface area contributed by atoms with Crippen LogP contribution in [0.3, 0.4) is 0 Å². The molecule has 0 radical (unpaired) electrons. The number of nitrogens with zero attached hydrogens (tertiary/aromatic N) is 1. The molecule has 0 saturated heterocycles. The first-order valence-corrected chi connectivity index (χ1v) is 13.9. The summed E-state index contributed by atoms with van der Waals surface area (Å²) in [6.45, 7) is 4.62. The number of fused-ring (bicyclic) bond motifs is 4. The number of aliphatic hydroxyl groups excluding tert-OH is 2. The van der Waals surface area contributed by atoms with Gasteiger partial charge in [0.1, 0.15) is 17.4 Å². The van der Waals surface area contributed by atoms with E-state index in [-0.39, 0.29) is 48.5 Å². The van der Waals surface area contributed by atoms with Crippen molar-refractivity contribution in [1.82, 2.24) is 10.2 Å². The summed E-state index contributed by atoms with van der Waals surface area (Å²) >= 11 is 0. The quantitative estimate of drug-likeness (QED) is 0.358. The minimum atomic E-state index is -1.16. The van der Waals surface area contributed by atoms with Gasteiger partial charge in [-0.05, 0) is 61.3 Å². The highest BCUT2D eigenvalue weighted by Crippen LogP contribution is 2.57. The maximum absolute atomic E-state index is 13.2. The lowest BCUT2D eigenvalue weighted by molar-refractivity contribution is -0.129. The molecule has 2 saturated carbocycles. The summed E-state index contributed by atoms with van der Waals surface area (Å²) in [5.41, 5.74) is -0.277. The molecule has 8 heteroatoms. The Bertz CT molecular complexity index is 1090. The van der Waals surface area contributed by atoms with Crippen LogP contribution in [0.5, 0.6) is 0 Å². The van der Waals surface area contributed by atoms with Crippen molar-refractivity contribution < 1.29 is 29.4 Å². The maximum Gasteiger partial charge on any atom is 0.261 e. The van der Waals surface area contributed by atoms with Gasteiger partial charge in [0.25, 0.3) is 5.91 Å². The van der Waals surface area contributed by atoms with Gasteiger partial charge in [-0.2, -0.15) is 0 Å². The number of hydrogen-bond donors (Lipinski definition) is 3. The third-order valence-electron chi connectivity index (χ3n) is 9.24. The number of hydrogen-bond acceptors (Lipinski definition) is 6. The largest absolute Gasteiger partial charge is 0.509 e. The van der Waals surface area contributed by atoms with E-state index in [9.17, 15) is 29.4 Å². The van der Waals surface area contributed by atoms with Crippen LogP contribution >= 0.6 is 0 Å². The summed E-state index contributed by atoms with van der Waals surface area (Å²) in [5, 5.41) is 24.0. The number of amides is 2. The second-order valence-electron chi connectivity index (χ2n) is 11.3. The average molecular weight is 525 g/mol. The lowest BCUT2D eigenvalue weighted by atomic mass is 9.78. The molecule has 2 fully saturated rings. The Kier molecular flexibility index (Phi) is 8.71. The van der Waals surface area contributed by atoms with Crippen LogP contribution in [-0.2, 0) is 19.2 Å². The van der Waals surface area contributed by atoms with Crippen LogP contribution in [0.2, 0.25) is 0 Å². The van der Waals surface area contributed by atoms with Crippen LogP contribution in [0.25, 0.3) is 0 Å². The SMILES string of the molecule is CCC1CC2CC3C(=O)/C=C/C=C/C(=O)NCCC(O)C4C(O)=C(C(=O)CC/C=C/C3C2C1C)C(=O)N4C. The molecule has 2 aliphatic carbocycles. The number of nitrogens with one attached hydrogen (secondary N) is 1. The fourth-order valence-corrected chi connectivity index (χ4v) is 7.30. The van der Waals surface area contributed by atoms with E-state index in [1.54, 1.807) is 12.2 Å². The number of carbonyl (C=O) groups is 4. The predicted molar refractivity (Wildman–Crippen MR) is 143 cm³/mol. The fourth-order valence-electron chi connectivity index (χ4n) is 7.30. The van der Waals surface area contributed by atoms with E-state index in [2.05, 4.69) is 25.2 Å². The standard InChI is InChI=1S/C30H40N2O6/c1-4-18-15-19-16-21-20(26(19)17(18)2)9-5-6-11-23(34)27-29(37)28(32(3)30(27)38)24(35)13-14-31-25(36)12-8-7-10-22(21)33/h5,7-10,12,17-21,24,26,28,35,37H,4,6,11,13-16H2,1-3H3,(H,31,36)/b9-5+,10-7+,12-8+. The molecule has 2 aliphatic heterocycles. The van der Waals surface area contributed by atoms with Gasteiger partial charge in [-0.15, -0.1) is 0 Å². The lowest BCUT2D eigenvalue weighted by Crippen LogP contribution is -2.42. The van der Waals surface area contributed by atoms with Crippen LogP contribution in [0.4, 0.5) is 0 Å². The molecule has 4 rings (SSSR count). The highest BCUT2D eigenvalue weighted by Gasteiger charge is 2.52. The molecule has 8 nitrogen and oxygen atoms in total. The van der Waals surface area contributed by atoms with E-state index in [0.29, 0.717) is 30.1 Å². The third-order valence-corrected chi connectivity index (χ3v) is 9.24. The molecular weight excluding hydrogens is 484 g/mol. The molecule has 0 aromatic heterocycles. The van der Waals surface area contributed by atoms with E-state index in [4.69, 9.17) is 0 Å². The van der Waals surface area contributed by atoms with Gasteiger partial charge in [0.15, 0.2) is 11.6 Å². The molecule has 206 valence electrons. The Morgan fingerprint density at radius 2 is 1.84 bits per heavy atom. The lowest BCUT2D eigenvalue weighted by Gasteiger charge is -2.26. The average Bonchev–Trinajstić information content (AvgIpc) is 3.47. The van der Waals surface area contributed by atoms with Gasteiger partial charge in [0.2, 0.25) is 5.91 Å². The zero-order valence-electron chi connectivity index (χ0n) is 22.5. The zero-order valence-corrected chi connectivity index (χ0v) is 22.5. The Hall–Kier alpha value is -3.00. The second kappa shape index (κ2) is 11.8. The summed E-state index contributed by atoms with van der Waals surface area (Å²) < 4.78 is 0. The predicted octanol–water partition coefficient (Wildman–Crippen LogP) is 3.04. The Balaban J connectivity index is 1.60. The summed E-state index contributed by atoms with van der Waals surface area (Å²) in [6.07, 6.45) is 12.5. The molecule has 2 bridgehead atoms. The first-order chi connectivity index (χ1) is 18.1. The molecular formula is C30H40N2O6. The van der Waals surface area contributed by atoms with Crippen molar-refractivity contribution in [1.29, 1.82) is 0 Å². The van der Waals surface area contributed by atoms with Gasteiger partial charge < -0.3 is 20.4 Å². The third kappa shape index (κ3) is 5.41. The Labute approximate surface area is 224 Å². The Morgan fingerprint density at radius 3 is 2.58 bits per heavy atom. The van der Waals surface area contributed by atoms with E-state index in [0.717, 1.165) is 19.3 Å². The van der Waals surface area contributed by atoms with Crippen molar-refractivity contribution >= 4 is 23.4 Å². The van der Waals surface area contributed by atoms with Gasteiger partial charge in [-0.25, -0.2) is 0 Å². The number of aliphatic hydroxyl groups is 2. The van der Waals surface area contributed by atoms with E-state index < -0.39 is 29.6 Å². The highest BCUT2D eigenvalue weighted by molar-refractivity contribution is 6.21. The van der Waals surface area contributed by atoms with Crippen molar-refractivity contribution in [2.45, 2.75) is 64.5 Å². The fraction of sp³-hybridized carbons (Fsp3) is 0.600. The van der Waals surface area contributed by atoms with Gasteiger partial charge in [0.05, 0.1) is 6.10 Å². The normalized spacial score (nSPS) is 39.5. The maximum atomic E-state index is 13.2. The molecule has 4 aliphatic rings. The zero-order chi connectivity index (χ0) is 27.6. The molecule has 0 spiro atoms. The van der Waals surface area contributed by atoms with Crippen LogP contribution in [0, 0.1) is 35.5 Å². The molecule has 3 N–H and O–H groups in total. The minimum Gasteiger partial charge on any atom is -0.509 e. The van der Waals surface area contributed by atoms with Crippen LogP contribution in [0.1, 0.15) is 52.4 Å². The van der Waals surface area contributed by atoms with Crippen LogP contribution in [-0.4, -0.2) is 64.2 Å². The molecule has 0 aromatic carbocycles. The van der Waals surface area contributed by atoms with Crippen molar-refractivity contribution in [2.75, 3.05) is 13.6 Å². The minimum absolute atomic E-state index is 0.0472. The van der Waals surface area contributed by atoms with Crippen molar-refractivity contribution in [2.24, 2.45) is 35.5 Å². The molecule has 2 amide bonds. The van der Waals surface area contributed by atoms with Crippen LogP contribution in [0.15, 0.2) is 47.8 Å². The number of rotatable bonds is 1. The smallest absolute Gasteiger partial charge is 0.261 e. The van der Waals surface area contributed by atoms with Crippen LogP contribution < -0.4 is 5.32 Å². The number of carbonyl (C=O) groups excluding carboxylic acids is 4. The van der Waals surface area contributed by atoms with E-state index in [1.807, 2.05) is 6.08 Å². The summed E-state index contributed by atoms with van der Waals surface area (Å²) in [7, 11) is 1.44. The molecule has 8 unspecified atom stereocenters. The number of allylic oxidation sites excluding steroid dienone is 5. The number of Topliss-reactive ketones (excluding diaryl/α,β-unsaturated/α-hetero) is 1. The van der Waals surface area contributed by atoms with Gasteiger partial charge in [-0.1, -0.05) is 44.6 Å². The monoisotopic (exact) mass is 524 g/mol. The van der Waals surface area contributed by atoms with Gasteiger partial charge in [0, 0.05) is 32.0 Å². The van der Waals surface area contributed by atoms with Crippen molar-refractivity contribution in [3.05, 3.63) is 47.8 Å². The summed E-state index contributed by atoms with van der Waals surface area (Å²) in [5.74, 6) is 0.168. The molecule has 2 heterocycles. The Morgan fingerprint density at radius 1 is 1.11 bits per heavy atom. The molecule has 8 atom stereocenters. The first kappa shape index (κ1) is 28.0. The van der Waals surface area contributed by atoms with Gasteiger partial charge in [-0.3, -0.25) is 19.2 Å². The molecule has 38 heavy (non-hydrogen) atoms. The second-order valence-corrected chi connectivity index (χ2v) is 11.3. The summed E-state index contributed by atoms with van der Waals surface area (Å²) in [6, 6.07) is -1.03. The number of likely N-dealkylation sites (N-methyl/N-ethyl adjacent to an activating group) is 1. The van der Waals surface area contributed by atoms with Crippen molar-refractivity contribution in [3.8, 4) is 0 Å². The van der Waals surface area contributed by atoms with E-state index >= 15 is 0 Å². The number of ketones is 2. The topological polar surface area (TPSA) is 124 Å².